The van der Waals surface area contributed by atoms with Crippen molar-refractivity contribution in [3.8, 4) is 0 Å². The van der Waals surface area contributed by atoms with E-state index < -0.39 is 0 Å². The summed E-state index contributed by atoms with van der Waals surface area (Å²) in [5.74, 6) is 2.47. The molecule has 1 aliphatic heterocycles. The van der Waals surface area contributed by atoms with Crippen LogP contribution in [0.25, 0.3) is 0 Å². The van der Waals surface area contributed by atoms with Crippen LogP contribution in [0.15, 0.2) is 0 Å². The van der Waals surface area contributed by atoms with Crippen molar-refractivity contribution in [2.45, 2.75) is 12.8 Å². The second-order valence-corrected chi connectivity index (χ2v) is 5.10. The van der Waals surface area contributed by atoms with E-state index in [2.05, 4.69) is 10.1 Å². The highest BCUT2D eigenvalue weighted by Gasteiger charge is 2.14. The number of ether oxygens (including phenoxy) is 2. The Morgan fingerprint density at radius 3 is 3.12 bits per heavy atom. The van der Waals surface area contributed by atoms with E-state index in [4.69, 9.17) is 4.74 Å². The second-order valence-electron chi connectivity index (χ2n) is 3.87. The third-order valence-electron chi connectivity index (χ3n) is 2.56. The summed E-state index contributed by atoms with van der Waals surface area (Å²) in [4.78, 5) is 10.8. The van der Waals surface area contributed by atoms with Crippen molar-refractivity contribution in [1.29, 1.82) is 0 Å². The molecule has 0 amide bonds. The molecule has 0 aromatic rings. The first kappa shape index (κ1) is 13.8. The quantitative estimate of drug-likeness (QED) is 0.510. The van der Waals surface area contributed by atoms with Gasteiger partial charge in [0.25, 0.3) is 0 Å². The normalized spacial score (nSPS) is 19.9. The third kappa shape index (κ3) is 6.35. The van der Waals surface area contributed by atoms with E-state index in [-0.39, 0.29) is 5.97 Å². The van der Waals surface area contributed by atoms with E-state index >= 15 is 0 Å². The van der Waals surface area contributed by atoms with Crippen LogP contribution in [-0.4, -0.2) is 50.9 Å². The predicted molar refractivity (Wildman–Crippen MR) is 65.8 cm³/mol. The van der Waals surface area contributed by atoms with Gasteiger partial charge in [0, 0.05) is 31.2 Å². The van der Waals surface area contributed by atoms with Gasteiger partial charge in [0.2, 0.25) is 0 Å². The van der Waals surface area contributed by atoms with Crippen LogP contribution < -0.4 is 5.32 Å². The molecule has 0 aliphatic carbocycles. The molecule has 1 heterocycles. The molecule has 1 N–H and O–H groups in total. The molecule has 0 aromatic carbocycles. The summed E-state index contributed by atoms with van der Waals surface area (Å²) < 4.78 is 9.86. The smallest absolute Gasteiger partial charge is 0.306 e. The lowest BCUT2D eigenvalue weighted by Gasteiger charge is -2.08. The second kappa shape index (κ2) is 8.84. The number of hydrogen-bond acceptors (Lipinski definition) is 5. The lowest BCUT2D eigenvalue weighted by atomic mass is 10.1. The Morgan fingerprint density at radius 2 is 2.44 bits per heavy atom. The van der Waals surface area contributed by atoms with Gasteiger partial charge in [0.05, 0.1) is 20.1 Å². The standard InChI is InChI=1S/C11H21NO3S/c1-14-11(13)3-6-16-7-4-12-8-10-2-5-15-9-10/h10,12H,2-9H2,1H3. The highest BCUT2D eigenvalue weighted by molar-refractivity contribution is 7.99. The Labute approximate surface area is 101 Å². The van der Waals surface area contributed by atoms with E-state index in [0.29, 0.717) is 12.3 Å². The van der Waals surface area contributed by atoms with Crippen molar-refractivity contribution >= 4 is 17.7 Å². The number of nitrogens with one attached hydrogen (secondary N) is 1. The highest BCUT2D eigenvalue weighted by Crippen LogP contribution is 2.10. The molecule has 5 heteroatoms. The molecule has 4 nitrogen and oxygen atoms in total. The Hall–Kier alpha value is -0.260. The average molecular weight is 247 g/mol. The van der Waals surface area contributed by atoms with Crippen LogP contribution >= 0.6 is 11.8 Å². The van der Waals surface area contributed by atoms with Crippen LogP contribution in [0.5, 0.6) is 0 Å². The van der Waals surface area contributed by atoms with E-state index in [0.717, 1.165) is 37.8 Å². The molecule has 0 spiro atoms. The lowest BCUT2D eigenvalue weighted by Crippen LogP contribution is -2.25. The molecular weight excluding hydrogens is 226 g/mol. The minimum Gasteiger partial charge on any atom is -0.469 e. The number of carbonyl (C=O) groups excluding carboxylic acids is 1. The zero-order valence-corrected chi connectivity index (χ0v) is 10.7. The van der Waals surface area contributed by atoms with E-state index in [9.17, 15) is 4.79 Å². The number of methoxy groups -OCH3 is 1. The van der Waals surface area contributed by atoms with Gasteiger partial charge >= 0.3 is 5.97 Å². The number of esters is 1. The Morgan fingerprint density at radius 1 is 1.56 bits per heavy atom. The number of carbonyl (C=O) groups is 1. The maximum absolute atomic E-state index is 10.8. The van der Waals surface area contributed by atoms with Crippen molar-refractivity contribution in [3.05, 3.63) is 0 Å². The first-order chi connectivity index (χ1) is 7.83. The first-order valence-corrected chi connectivity index (χ1v) is 6.91. The van der Waals surface area contributed by atoms with Gasteiger partial charge in [-0.1, -0.05) is 0 Å². The van der Waals surface area contributed by atoms with Crippen LogP contribution in [0, 0.1) is 5.92 Å². The van der Waals surface area contributed by atoms with Crippen LogP contribution in [0.3, 0.4) is 0 Å². The molecule has 1 aliphatic rings. The van der Waals surface area contributed by atoms with Gasteiger partial charge in [-0.05, 0) is 12.3 Å². The predicted octanol–water partition coefficient (Wildman–Crippen LogP) is 0.909. The van der Waals surface area contributed by atoms with Crippen LogP contribution in [-0.2, 0) is 14.3 Å². The fourth-order valence-electron chi connectivity index (χ4n) is 1.55. The Kier molecular flexibility index (Phi) is 7.63. The fraction of sp³-hybridized carbons (Fsp3) is 0.909. The van der Waals surface area contributed by atoms with Crippen molar-refractivity contribution < 1.29 is 14.3 Å². The van der Waals surface area contributed by atoms with Gasteiger partial charge in [-0.2, -0.15) is 11.8 Å². The number of thioether (sulfide) groups is 1. The summed E-state index contributed by atoms with van der Waals surface area (Å²) in [6.45, 7) is 3.88. The Bertz CT molecular complexity index is 196. The summed E-state index contributed by atoms with van der Waals surface area (Å²) >= 11 is 1.78. The van der Waals surface area contributed by atoms with Crippen molar-refractivity contribution in [2.75, 3.05) is 44.9 Å². The van der Waals surface area contributed by atoms with Crippen LogP contribution in [0.1, 0.15) is 12.8 Å². The summed E-state index contributed by atoms with van der Waals surface area (Å²) in [5.41, 5.74) is 0. The molecule has 1 saturated heterocycles. The summed E-state index contributed by atoms with van der Waals surface area (Å²) in [5, 5.41) is 3.41. The molecule has 0 saturated carbocycles. The lowest BCUT2D eigenvalue weighted by molar-refractivity contribution is -0.140. The van der Waals surface area contributed by atoms with Gasteiger partial charge in [-0.15, -0.1) is 0 Å². The van der Waals surface area contributed by atoms with E-state index in [1.807, 2.05) is 0 Å². The molecular formula is C11H21NO3S. The van der Waals surface area contributed by atoms with Crippen LogP contribution in [0.4, 0.5) is 0 Å². The molecule has 0 radical (unpaired) electrons. The molecule has 1 fully saturated rings. The molecule has 1 atom stereocenters. The minimum atomic E-state index is -0.122. The van der Waals surface area contributed by atoms with Gasteiger partial charge in [0.15, 0.2) is 0 Å². The van der Waals surface area contributed by atoms with Gasteiger partial charge < -0.3 is 14.8 Å². The SMILES string of the molecule is COC(=O)CCSCCNCC1CCOC1. The molecule has 1 rings (SSSR count). The molecule has 0 bridgehead atoms. The van der Waals surface area contributed by atoms with E-state index in [1.165, 1.54) is 13.5 Å². The average Bonchev–Trinajstić information content (AvgIpc) is 2.80. The van der Waals surface area contributed by atoms with E-state index in [1.54, 1.807) is 11.8 Å². The zero-order chi connectivity index (χ0) is 11.6. The molecule has 1 unspecified atom stereocenters. The first-order valence-electron chi connectivity index (χ1n) is 5.76. The third-order valence-corrected chi connectivity index (χ3v) is 3.54. The molecule has 0 aromatic heterocycles. The summed E-state index contributed by atoms with van der Waals surface area (Å²) in [6, 6.07) is 0. The van der Waals surface area contributed by atoms with Gasteiger partial charge in [-0.25, -0.2) is 0 Å². The minimum absolute atomic E-state index is 0.122. The monoisotopic (exact) mass is 247 g/mol. The number of hydrogen-bond donors (Lipinski definition) is 1. The zero-order valence-electron chi connectivity index (χ0n) is 9.87. The molecule has 16 heavy (non-hydrogen) atoms. The summed E-state index contributed by atoms with van der Waals surface area (Å²) in [6.07, 6.45) is 1.69. The van der Waals surface area contributed by atoms with Crippen molar-refractivity contribution in [3.63, 3.8) is 0 Å². The Balaban J connectivity index is 1.79. The largest absolute Gasteiger partial charge is 0.469 e. The topological polar surface area (TPSA) is 47.6 Å². The highest BCUT2D eigenvalue weighted by atomic mass is 32.2. The maximum Gasteiger partial charge on any atom is 0.306 e. The van der Waals surface area contributed by atoms with Crippen molar-refractivity contribution in [2.24, 2.45) is 5.92 Å². The fourth-order valence-corrected chi connectivity index (χ4v) is 2.36. The van der Waals surface area contributed by atoms with Gasteiger partial charge in [-0.3, -0.25) is 4.79 Å². The van der Waals surface area contributed by atoms with Crippen molar-refractivity contribution in [1.82, 2.24) is 5.32 Å². The maximum atomic E-state index is 10.8. The van der Waals surface area contributed by atoms with Gasteiger partial charge in [0.1, 0.15) is 0 Å². The number of rotatable bonds is 8. The molecule has 94 valence electrons. The van der Waals surface area contributed by atoms with Crippen LogP contribution in [0.2, 0.25) is 0 Å². The summed E-state index contributed by atoms with van der Waals surface area (Å²) in [7, 11) is 1.43.